The molecule has 4 nitrogen and oxygen atoms in total. The number of carbonyl (C=O) groups is 1. The van der Waals surface area contributed by atoms with Crippen molar-refractivity contribution >= 4 is 5.91 Å². The van der Waals surface area contributed by atoms with Crippen molar-refractivity contribution in [3.63, 3.8) is 0 Å². The molecule has 25 heavy (non-hydrogen) atoms. The van der Waals surface area contributed by atoms with Crippen LogP contribution < -0.4 is 0 Å². The lowest BCUT2D eigenvalue weighted by atomic mass is 9.97. The summed E-state index contributed by atoms with van der Waals surface area (Å²) in [4.78, 5) is 16.5. The molecular formula is C19H26F2N2O2. The molecule has 0 saturated carbocycles. The number of hydrogen-bond donors (Lipinski definition) is 0. The predicted octanol–water partition coefficient (Wildman–Crippen LogP) is 2.93. The lowest BCUT2D eigenvalue weighted by Crippen LogP contribution is -2.64. The first-order valence-electron chi connectivity index (χ1n) is 9.03. The van der Waals surface area contributed by atoms with Gasteiger partial charge in [-0.1, -0.05) is 13.8 Å². The Morgan fingerprint density at radius 1 is 1.24 bits per heavy atom. The molecule has 0 spiro atoms. The van der Waals surface area contributed by atoms with Gasteiger partial charge in [-0.2, -0.15) is 0 Å². The van der Waals surface area contributed by atoms with Crippen LogP contribution in [-0.2, 0) is 4.74 Å². The fourth-order valence-electron chi connectivity index (χ4n) is 3.70. The Morgan fingerprint density at radius 2 is 1.92 bits per heavy atom. The first kappa shape index (κ1) is 18.3. The van der Waals surface area contributed by atoms with Crippen molar-refractivity contribution in [1.29, 1.82) is 0 Å². The molecule has 6 heteroatoms. The monoisotopic (exact) mass is 352 g/mol. The van der Waals surface area contributed by atoms with Crippen molar-refractivity contribution in [2.24, 2.45) is 5.92 Å². The summed E-state index contributed by atoms with van der Waals surface area (Å²) in [7, 11) is 0. The highest BCUT2D eigenvalue weighted by molar-refractivity contribution is 5.95. The third kappa shape index (κ3) is 4.18. The minimum Gasteiger partial charge on any atom is -0.381 e. The molecule has 0 N–H and O–H groups in total. The van der Waals surface area contributed by atoms with E-state index in [4.69, 9.17) is 4.74 Å². The predicted molar refractivity (Wildman–Crippen MR) is 91.4 cm³/mol. The lowest BCUT2D eigenvalue weighted by Gasteiger charge is -2.49. The van der Waals surface area contributed by atoms with E-state index in [0.29, 0.717) is 25.0 Å². The van der Waals surface area contributed by atoms with Gasteiger partial charge in [0.25, 0.3) is 5.91 Å². The molecule has 2 saturated heterocycles. The summed E-state index contributed by atoms with van der Waals surface area (Å²) in [6.45, 7) is 8.06. The van der Waals surface area contributed by atoms with Crippen LogP contribution in [0.15, 0.2) is 18.2 Å². The van der Waals surface area contributed by atoms with Crippen LogP contribution >= 0.6 is 0 Å². The molecule has 3 rings (SSSR count). The maximum atomic E-state index is 13.8. The topological polar surface area (TPSA) is 32.8 Å². The molecule has 2 aliphatic heterocycles. The van der Waals surface area contributed by atoms with E-state index in [1.54, 1.807) is 4.90 Å². The van der Waals surface area contributed by atoms with Crippen LogP contribution in [0.5, 0.6) is 0 Å². The molecule has 0 aromatic heterocycles. The number of carbonyl (C=O) groups excluding carboxylic acids is 1. The molecular weight excluding hydrogens is 326 g/mol. The Kier molecular flexibility index (Phi) is 5.69. The second-order valence-electron chi connectivity index (χ2n) is 7.42. The Labute approximate surface area is 147 Å². The SMILES string of the molecule is CC(C)CN(C1CCOCC1)C1CN(C(=O)c2cc(F)ccc2F)C1. The fourth-order valence-corrected chi connectivity index (χ4v) is 3.70. The van der Waals surface area contributed by atoms with E-state index < -0.39 is 17.5 Å². The van der Waals surface area contributed by atoms with Crippen molar-refractivity contribution in [2.45, 2.75) is 38.8 Å². The molecule has 138 valence electrons. The molecule has 0 aliphatic carbocycles. The zero-order chi connectivity index (χ0) is 18.0. The van der Waals surface area contributed by atoms with Gasteiger partial charge in [0.15, 0.2) is 0 Å². The van der Waals surface area contributed by atoms with Crippen molar-refractivity contribution in [1.82, 2.24) is 9.80 Å². The lowest BCUT2D eigenvalue weighted by molar-refractivity contribution is -0.0295. The van der Waals surface area contributed by atoms with Crippen LogP contribution in [0.2, 0.25) is 0 Å². The zero-order valence-electron chi connectivity index (χ0n) is 14.9. The van der Waals surface area contributed by atoms with Crippen LogP contribution in [0.3, 0.4) is 0 Å². The van der Waals surface area contributed by atoms with E-state index in [1.165, 1.54) is 0 Å². The molecule has 2 fully saturated rings. The standard InChI is InChI=1S/C19H26F2N2O2/c1-13(2)10-23(15-5-7-25-8-6-15)16-11-22(12-16)19(24)17-9-14(20)3-4-18(17)21/h3-4,9,13,15-16H,5-8,10-12H2,1-2H3. The molecule has 0 radical (unpaired) electrons. The van der Waals surface area contributed by atoms with Gasteiger partial charge >= 0.3 is 0 Å². The second-order valence-corrected chi connectivity index (χ2v) is 7.42. The maximum Gasteiger partial charge on any atom is 0.257 e. The van der Waals surface area contributed by atoms with Crippen molar-refractivity contribution in [3.05, 3.63) is 35.4 Å². The van der Waals surface area contributed by atoms with Gasteiger partial charge in [-0.05, 0) is 37.0 Å². The molecule has 0 atom stereocenters. The van der Waals surface area contributed by atoms with Crippen molar-refractivity contribution in [3.8, 4) is 0 Å². The molecule has 0 unspecified atom stereocenters. The molecule has 1 aromatic carbocycles. The number of ether oxygens (including phenoxy) is 1. The fraction of sp³-hybridized carbons (Fsp3) is 0.632. The molecule has 2 heterocycles. The molecule has 1 aromatic rings. The minimum atomic E-state index is -0.668. The number of nitrogens with zero attached hydrogens (tertiary/aromatic N) is 2. The third-order valence-electron chi connectivity index (χ3n) is 5.01. The van der Waals surface area contributed by atoms with E-state index in [2.05, 4.69) is 18.7 Å². The zero-order valence-corrected chi connectivity index (χ0v) is 14.9. The van der Waals surface area contributed by atoms with Gasteiger partial charge in [-0.15, -0.1) is 0 Å². The Hall–Kier alpha value is -1.53. The number of amides is 1. The highest BCUT2D eigenvalue weighted by Crippen LogP contribution is 2.26. The van der Waals surface area contributed by atoms with E-state index in [9.17, 15) is 13.6 Å². The average Bonchev–Trinajstić information content (AvgIpc) is 2.55. The molecule has 1 amide bonds. The highest BCUT2D eigenvalue weighted by Gasteiger charge is 2.39. The molecule has 2 aliphatic rings. The summed E-state index contributed by atoms with van der Waals surface area (Å²) in [6, 6.07) is 3.78. The van der Waals surface area contributed by atoms with Crippen LogP contribution in [-0.4, -0.2) is 60.6 Å². The first-order chi connectivity index (χ1) is 12.0. The first-order valence-corrected chi connectivity index (χ1v) is 9.03. The highest BCUT2D eigenvalue weighted by atomic mass is 19.1. The number of hydrogen-bond acceptors (Lipinski definition) is 3. The smallest absolute Gasteiger partial charge is 0.257 e. The Morgan fingerprint density at radius 3 is 2.56 bits per heavy atom. The summed E-state index contributed by atoms with van der Waals surface area (Å²) >= 11 is 0. The van der Waals surface area contributed by atoms with Crippen LogP contribution in [0.4, 0.5) is 8.78 Å². The second kappa shape index (κ2) is 7.79. The van der Waals surface area contributed by atoms with Gasteiger partial charge in [0.2, 0.25) is 0 Å². The van der Waals surface area contributed by atoms with Gasteiger partial charge in [0, 0.05) is 44.9 Å². The summed E-state index contributed by atoms with van der Waals surface area (Å²) in [6.07, 6.45) is 2.02. The van der Waals surface area contributed by atoms with Gasteiger partial charge in [-0.25, -0.2) is 8.78 Å². The third-order valence-corrected chi connectivity index (χ3v) is 5.01. The van der Waals surface area contributed by atoms with Gasteiger partial charge in [0.05, 0.1) is 5.56 Å². The van der Waals surface area contributed by atoms with E-state index >= 15 is 0 Å². The van der Waals surface area contributed by atoms with Crippen molar-refractivity contribution < 1.29 is 18.3 Å². The summed E-state index contributed by atoms with van der Waals surface area (Å²) in [5, 5.41) is 0. The van der Waals surface area contributed by atoms with Crippen LogP contribution in [0.1, 0.15) is 37.0 Å². The Bertz CT molecular complexity index is 611. The molecule has 0 bridgehead atoms. The van der Waals surface area contributed by atoms with Gasteiger partial charge < -0.3 is 9.64 Å². The van der Waals surface area contributed by atoms with E-state index in [1.807, 2.05) is 0 Å². The van der Waals surface area contributed by atoms with E-state index in [0.717, 1.165) is 50.8 Å². The number of rotatable bonds is 5. The summed E-state index contributed by atoms with van der Waals surface area (Å²) in [5.74, 6) is -1.15. The summed E-state index contributed by atoms with van der Waals surface area (Å²) in [5.41, 5.74) is -0.181. The summed E-state index contributed by atoms with van der Waals surface area (Å²) < 4.78 is 32.6. The van der Waals surface area contributed by atoms with Gasteiger partial charge in [-0.3, -0.25) is 9.69 Å². The van der Waals surface area contributed by atoms with Crippen molar-refractivity contribution in [2.75, 3.05) is 32.8 Å². The Balaban J connectivity index is 1.64. The normalized spacial score (nSPS) is 19.5. The largest absolute Gasteiger partial charge is 0.381 e. The maximum absolute atomic E-state index is 13.8. The average molecular weight is 352 g/mol. The van der Waals surface area contributed by atoms with Crippen LogP contribution in [0, 0.1) is 17.6 Å². The van der Waals surface area contributed by atoms with Gasteiger partial charge in [0.1, 0.15) is 11.6 Å². The number of benzene rings is 1. The number of halogens is 2. The van der Waals surface area contributed by atoms with Crippen LogP contribution in [0.25, 0.3) is 0 Å². The minimum absolute atomic E-state index is 0.181. The quantitative estimate of drug-likeness (QED) is 0.817. The number of likely N-dealkylation sites (tertiary alicyclic amines) is 1. The van der Waals surface area contributed by atoms with E-state index in [-0.39, 0.29) is 11.6 Å².